The van der Waals surface area contributed by atoms with Crippen molar-refractivity contribution in [3.05, 3.63) is 84.9 Å². The normalized spacial score (nSPS) is 11.7. The Kier molecular flexibility index (Phi) is 6.47. The molecule has 0 bridgehead atoms. The fraction of sp³-hybridized carbons (Fsp3) is 0.133. The van der Waals surface area contributed by atoms with E-state index in [4.69, 9.17) is 20.2 Å². The second-order valence-corrected chi connectivity index (χ2v) is 8.85. The number of pyridine rings is 2. The van der Waals surface area contributed by atoms with Crippen LogP contribution in [0.1, 0.15) is 0 Å². The first-order valence-electron chi connectivity index (χ1n) is 12.5. The van der Waals surface area contributed by atoms with Crippen LogP contribution in [0.25, 0.3) is 43.6 Å². The van der Waals surface area contributed by atoms with E-state index in [1.165, 1.54) is 0 Å². The molecule has 0 amide bonds. The maximum absolute atomic E-state index is 9.51. The maximum atomic E-state index is 9.51. The molecule has 4 aromatic carbocycles. The first-order chi connectivity index (χ1) is 18.8. The number of para-hydroxylation sites is 2. The summed E-state index contributed by atoms with van der Waals surface area (Å²) in [4.78, 5) is 9.69. The Balaban J connectivity index is 1.55. The molecule has 8 nitrogen and oxygen atoms in total. The van der Waals surface area contributed by atoms with Gasteiger partial charge in [-0.15, -0.1) is 10.2 Å². The molecule has 2 aromatic heterocycles. The van der Waals surface area contributed by atoms with Gasteiger partial charge in [0.25, 0.3) is 0 Å². The zero-order valence-corrected chi connectivity index (χ0v) is 20.6. The lowest BCUT2D eigenvalue weighted by molar-refractivity contribution is 0.311. The Morgan fingerprint density at radius 2 is 0.947 bits per heavy atom. The van der Waals surface area contributed by atoms with Gasteiger partial charge in [0.2, 0.25) is 0 Å². The Morgan fingerprint density at radius 3 is 1.39 bits per heavy atom. The van der Waals surface area contributed by atoms with Crippen LogP contribution in [0.3, 0.4) is 0 Å². The first kappa shape index (κ1) is 23.7. The van der Waals surface area contributed by atoms with E-state index in [-0.39, 0.29) is 13.2 Å². The molecule has 188 valence electrons. The molecule has 6 rings (SSSR count). The summed E-state index contributed by atoms with van der Waals surface area (Å²) in [6, 6.07) is 27.4. The molecule has 0 aliphatic heterocycles. The van der Waals surface area contributed by atoms with Crippen LogP contribution in [-0.2, 0) is 0 Å². The number of nitrogens with one attached hydrogen (secondary N) is 2. The van der Waals surface area contributed by atoms with E-state index >= 15 is 0 Å². The molecule has 0 saturated carbocycles. The number of nitrogens with zero attached hydrogens (tertiary/aromatic N) is 4. The average molecular weight is 503 g/mol. The Morgan fingerprint density at radius 1 is 0.526 bits per heavy atom. The summed E-state index contributed by atoms with van der Waals surface area (Å²) in [5, 5.41) is 38.7. The van der Waals surface area contributed by atoms with Gasteiger partial charge in [-0.2, -0.15) is 0 Å². The molecule has 6 aromatic rings. The van der Waals surface area contributed by atoms with Crippen molar-refractivity contribution in [3.8, 4) is 0 Å². The molecule has 0 atom stereocenters. The number of hydrogen-bond donors (Lipinski definition) is 4. The van der Waals surface area contributed by atoms with E-state index in [2.05, 4.69) is 10.6 Å². The van der Waals surface area contributed by atoms with E-state index in [0.717, 1.165) is 55.0 Å². The highest BCUT2D eigenvalue weighted by molar-refractivity contribution is 6.13. The molecule has 0 radical (unpaired) electrons. The van der Waals surface area contributed by atoms with E-state index in [1.807, 2.05) is 84.9 Å². The zero-order chi connectivity index (χ0) is 25.9. The van der Waals surface area contributed by atoms with Crippen molar-refractivity contribution in [2.24, 2.45) is 10.2 Å². The lowest BCUT2D eigenvalue weighted by Crippen LogP contribution is -2.07. The highest BCUT2D eigenvalue weighted by Gasteiger charge is 2.15. The summed E-state index contributed by atoms with van der Waals surface area (Å²) < 4.78 is 0. The van der Waals surface area contributed by atoms with Gasteiger partial charge in [0.15, 0.2) is 0 Å². The number of hydrogen-bond acceptors (Lipinski definition) is 8. The van der Waals surface area contributed by atoms with E-state index < -0.39 is 0 Å². The third-order valence-corrected chi connectivity index (χ3v) is 6.46. The van der Waals surface area contributed by atoms with Crippen molar-refractivity contribution < 1.29 is 10.2 Å². The lowest BCUT2D eigenvalue weighted by atomic mass is 10.1. The van der Waals surface area contributed by atoms with Gasteiger partial charge in [-0.05, 0) is 36.4 Å². The third-order valence-electron chi connectivity index (χ3n) is 6.46. The minimum atomic E-state index is 0.00239. The average Bonchev–Trinajstić information content (AvgIpc) is 2.96. The number of anilines is 2. The second kappa shape index (κ2) is 10.4. The lowest BCUT2D eigenvalue weighted by Gasteiger charge is -2.14. The van der Waals surface area contributed by atoms with Crippen molar-refractivity contribution >= 4 is 66.4 Å². The summed E-state index contributed by atoms with van der Waals surface area (Å²) in [6.45, 7) is 0.803. The molecule has 38 heavy (non-hydrogen) atoms. The fourth-order valence-electron chi connectivity index (χ4n) is 4.85. The van der Waals surface area contributed by atoms with Gasteiger partial charge < -0.3 is 20.8 Å². The molecule has 4 N–H and O–H groups in total. The Hall–Kier alpha value is -4.66. The summed E-state index contributed by atoms with van der Waals surface area (Å²) in [5.41, 5.74) is 6.36. The molecular formula is C30H26N6O2. The summed E-state index contributed by atoms with van der Waals surface area (Å²) in [5.74, 6) is 0. The molecule has 0 aliphatic rings. The molecule has 0 saturated heterocycles. The molecular weight excluding hydrogens is 476 g/mol. The zero-order valence-electron chi connectivity index (χ0n) is 20.6. The van der Waals surface area contributed by atoms with Gasteiger partial charge in [0.05, 0.1) is 68.8 Å². The molecule has 0 spiro atoms. The summed E-state index contributed by atoms with van der Waals surface area (Å²) in [6.07, 6.45) is 0. The number of aromatic nitrogens is 2. The number of aliphatic hydroxyl groups excluding tert-OH is 2. The van der Waals surface area contributed by atoms with Crippen LogP contribution in [-0.4, -0.2) is 46.5 Å². The van der Waals surface area contributed by atoms with Gasteiger partial charge in [0, 0.05) is 23.9 Å². The standard InChI is InChI=1S/C30H26N6O2/c37-17-15-31-29-19-7-1-3-9-21(19)33-23-11-5-13-25(27(23)29)35-36-26-14-6-12-24-28(26)30(32-16-18-38)20-8-2-4-10-22(20)34-24/h1-14,37-38H,15-18H2,(H,31,33)(H,32,34). The Labute approximate surface area is 218 Å². The highest BCUT2D eigenvalue weighted by atomic mass is 16.3. The van der Waals surface area contributed by atoms with Crippen LogP contribution >= 0.6 is 0 Å². The summed E-state index contributed by atoms with van der Waals surface area (Å²) >= 11 is 0. The van der Waals surface area contributed by atoms with Crippen molar-refractivity contribution in [2.45, 2.75) is 0 Å². The smallest absolute Gasteiger partial charge is 0.0972 e. The number of benzene rings is 4. The van der Waals surface area contributed by atoms with Crippen LogP contribution < -0.4 is 10.6 Å². The van der Waals surface area contributed by atoms with Gasteiger partial charge in [0.1, 0.15) is 0 Å². The molecule has 0 aliphatic carbocycles. The van der Waals surface area contributed by atoms with Crippen LogP contribution in [0.15, 0.2) is 95.2 Å². The maximum Gasteiger partial charge on any atom is 0.0972 e. The van der Waals surface area contributed by atoms with Gasteiger partial charge in [-0.1, -0.05) is 48.5 Å². The van der Waals surface area contributed by atoms with E-state index in [0.29, 0.717) is 24.5 Å². The monoisotopic (exact) mass is 502 g/mol. The minimum Gasteiger partial charge on any atom is -0.395 e. The Bertz CT molecular complexity index is 1690. The number of aliphatic hydroxyl groups is 2. The number of azo groups is 1. The van der Waals surface area contributed by atoms with E-state index in [1.54, 1.807) is 0 Å². The SMILES string of the molecule is OCCNc1c2ccccc2nc2cccc(N=Nc3cccc4nc5ccccc5c(NCCO)c34)c12. The topological polar surface area (TPSA) is 115 Å². The predicted octanol–water partition coefficient (Wildman–Crippen LogP) is 6.31. The third kappa shape index (κ3) is 4.26. The van der Waals surface area contributed by atoms with Gasteiger partial charge in [-0.25, -0.2) is 9.97 Å². The molecule has 8 heteroatoms. The van der Waals surface area contributed by atoms with Crippen molar-refractivity contribution in [1.82, 2.24) is 9.97 Å². The van der Waals surface area contributed by atoms with Crippen molar-refractivity contribution in [1.29, 1.82) is 0 Å². The fourth-order valence-corrected chi connectivity index (χ4v) is 4.85. The highest BCUT2D eigenvalue weighted by Crippen LogP contribution is 2.40. The first-order valence-corrected chi connectivity index (χ1v) is 12.5. The quantitative estimate of drug-likeness (QED) is 0.143. The van der Waals surface area contributed by atoms with Crippen LogP contribution in [0.4, 0.5) is 22.7 Å². The summed E-state index contributed by atoms with van der Waals surface area (Å²) in [7, 11) is 0. The number of fused-ring (bicyclic) bond motifs is 4. The molecule has 0 fully saturated rings. The van der Waals surface area contributed by atoms with Crippen molar-refractivity contribution in [2.75, 3.05) is 36.9 Å². The van der Waals surface area contributed by atoms with Gasteiger partial charge >= 0.3 is 0 Å². The number of rotatable bonds is 8. The molecule has 2 heterocycles. The van der Waals surface area contributed by atoms with Crippen molar-refractivity contribution in [3.63, 3.8) is 0 Å². The minimum absolute atomic E-state index is 0.00239. The molecule has 0 unspecified atom stereocenters. The predicted molar refractivity (Wildman–Crippen MR) is 154 cm³/mol. The van der Waals surface area contributed by atoms with Crippen LogP contribution in [0.5, 0.6) is 0 Å². The largest absolute Gasteiger partial charge is 0.395 e. The van der Waals surface area contributed by atoms with Gasteiger partial charge in [-0.3, -0.25) is 0 Å². The van der Waals surface area contributed by atoms with Crippen LogP contribution in [0.2, 0.25) is 0 Å². The second-order valence-electron chi connectivity index (χ2n) is 8.85. The van der Waals surface area contributed by atoms with Crippen LogP contribution in [0, 0.1) is 0 Å². The van der Waals surface area contributed by atoms with E-state index in [9.17, 15) is 10.2 Å².